The zero-order valence-electron chi connectivity index (χ0n) is 16.9. The Balaban J connectivity index is 1.62. The molecule has 1 fully saturated rings. The number of aryl methyl sites for hydroxylation is 2. The molecule has 3 aromatic rings. The Kier molecular flexibility index (Phi) is 6.97. The van der Waals surface area contributed by atoms with Crippen LogP contribution in [0.1, 0.15) is 27.9 Å². The number of thiophene rings is 1. The summed E-state index contributed by atoms with van der Waals surface area (Å²) in [5, 5.41) is 0.702. The van der Waals surface area contributed by atoms with Gasteiger partial charge in [-0.2, -0.15) is 0 Å². The van der Waals surface area contributed by atoms with Crippen LogP contribution in [0.3, 0.4) is 0 Å². The monoisotopic (exact) mass is 483 g/mol. The fourth-order valence-corrected chi connectivity index (χ4v) is 6.14. The van der Waals surface area contributed by atoms with Gasteiger partial charge in [0.05, 0.1) is 33.3 Å². The molecule has 5 nitrogen and oxygen atoms in total. The summed E-state index contributed by atoms with van der Waals surface area (Å²) in [7, 11) is 0. The molecule has 0 N–H and O–H groups in total. The highest BCUT2D eigenvalue weighted by molar-refractivity contribution is 7.22. The van der Waals surface area contributed by atoms with E-state index >= 15 is 0 Å². The second kappa shape index (κ2) is 9.51. The zero-order chi connectivity index (χ0) is 21.3. The summed E-state index contributed by atoms with van der Waals surface area (Å²) >= 11 is 15.2. The predicted octanol–water partition coefficient (Wildman–Crippen LogP) is 5.65. The average Bonchev–Trinajstić information content (AvgIpc) is 3.32. The maximum atomic E-state index is 13.4. The van der Waals surface area contributed by atoms with Gasteiger partial charge in [0.2, 0.25) is 0 Å². The summed E-state index contributed by atoms with van der Waals surface area (Å²) < 4.78 is 7.46. The Morgan fingerprint density at radius 3 is 2.60 bits per heavy atom. The van der Waals surface area contributed by atoms with Gasteiger partial charge in [-0.05, 0) is 37.5 Å². The lowest BCUT2D eigenvalue weighted by Gasteiger charge is -2.27. The highest BCUT2D eigenvalue weighted by Crippen LogP contribution is 2.36. The van der Waals surface area contributed by atoms with Crippen LogP contribution in [0.25, 0.3) is 10.2 Å². The van der Waals surface area contributed by atoms with E-state index < -0.39 is 0 Å². The number of halogens is 2. The molecule has 0 radical (unpaired) electrons. The molecule has 0 bridgehead atoms. The first-order valence-electron chi connectivity index (χ1n) is 9.87. The van der Waals surface area contributed by atoms with E-state index in [0.29, 0.717) is 25.9 Å². The van der Waals surface area contributed by atoms with Crippen LogP contribution in [0.2, 0.25) is 8.67 Å². The second-order valence-corrected chi connectivity index (χ2v) is 10.6. The third-order valence-electron chi connectivity index (χ3n) is 5.25. The number of ether oxygens (including phenoxy) is 1. The van der Waals surface area contributed by atoms with Gasteiger partial charge in [0, 0.05) is 26.2 Å². The molecule has 0 saturated carbocycles. The summed E-state index contributed by atoms with van der Waals surface area (Å²) in [4.78, 5) is 22.4. The summed E-state index contributed by atoms with van der Waals surface area (Å²) in [5.41, 5.74) is 3.66. The highest BCUT2D eigenvalue weighted by Gasteiger charge is 2.25. The van der Waals surface area contributed by atoms with Gasteiger partial charge >= 0.3 is 0 Å². The van der Waals surface area contributed by atoms with Crippen LogP contribution in [-0.2, 0) is 4.74 Å². The van der Waals surface area contributed by atoms with Gasteiger partial charge in [0.25, 0.3) is 5.91 Å². The quantitative estimate of drug-likeness (QED) is 0.454. The number of carbonyl (C=O) groups excluding carboxylic acids is 1. The van der Waals surface area contributed by atoms with Crippen molar-refractivity contribution in [3.8, 4) is 0 Å². The molecule has 0 unspecified atom stereocenters. The standard InChI is InChI=1S/C21H23Cl2N3O2S2/c1-13-4-5-14(2)18-17(13)24-21(30-18)26(7-3-6-25-8-10-28-11-9-25)20(27)15-12-16(22)29-19(15)23/h4-5,12H,3,6-11H2,1-2H3. The molecule has 3 heterocycles. The normalized spacial score (nSPS) is 15.1. The molecule has 0 aliphatic carbocycles. The van der Waals surface area contributed by atoms with Gasteiger partial charge < -0.3 is 4.74 Å². The van der Waals surface area contributed by atoms with Gasteiger partial charge in [0.15, 0.2) is 5.13 Å². The summed E-state index contributed by atoms with van der Waals surface area (Å²) in [6, 6.07) is 5.82. The molecule has 30 heavy (non-hydrogen) atoms. The molecule has 0 spiro atoms. The summed E-state index contributed by atoms with van der Waals surface area (Å²) in [6.45, 7) is 8.99. The van der Waals surface area contributed by atoms with E-state index in [1.807, 2.05) is 6.92 Å². The van der Waals surface area contributed by atoms with Crippen molar-refractivity contribution in [1.29, 1.82) is 0 Å². The number of hydrogen-bond acceptors (Lipinski definition) is 6. The maximum Gasteiger partial charge on any atom is 0.262 e. The number of carbonyl (C=O) groups is 1. The van der Waals surface area contributed by atoms with E-state index in [0.717, 1.165) is 60.6 Å². The number of aromatic nitrogens is 1. The van der Waals surface area contributed by atoms with Gasteiger partial charge in [-0.1, -0.05) is 46.7 Å². The molecule has 1 aliphatic heterocycles. The fraction of sp³-hybridized carbons (Fsp3) is 0.429. The first kappa shape index (κ1) is 22.0. The van der Waals surface area contributed by atoms with Crippen molar-refractivity contribution < 1.29 is 9.53 Å². The van der Waals surface area contributed by atoms with Crippen molar-refractivity contribution in [3.05, 3.63) is 43.6 Å². The highest BCUT2D eigenvalue weighted by atomic mass is 35.5. The number of thiazole rings is 1. The van der Waals surface area contributed by atoms with E-state index in [-0.39, 0.29) is 5.91 Å². The molecule has 4 rings (SSSR count). The first-order chi connectivity index (χ1) is 14.4. The topological polar surface area (TPSA) is 45.7 Å². The number of amides is 1. The van der Waals surface area contributed by atoms with Crippen molar-refractivity contribution in [3.63, 3.8) is 0 Å². The van der Waals surface area contributed by atoms with Crippen molar-refractivity contribution >= 4 is 67.1 Å². The van der Waals surface area contributed by atoms with Gasteiger partial charge in [-0.15, -0.1) is 11.3 Å². The third-order valence-corrected chi connectivity index (χ3v) is 7.96. The number of morpholine rings is 1. The smallest absolute Gasteiger partial charge is 0.262 e. The third kappa shape index (κ3) is 4.66. The Morgan fingerprint density at radius 1 is 1.20 bits per heavy atom. The predicted molar refractivity (Wildman–Crippen MR) is 127 cm³/mol. The lowest BCUT2D eigenvalue weighted by atomic mass is 10.1. The number of anilines is 1. The van der Waals surface area contributed by atoms with Gasteiger partial charge in [0.1, 0.15) is 4.34 Å². The average molecular weight is 484 g/mol. The van der Waals surface area contributed by atoms with Crippen LogP contribution < -0.4 is 4.90 Å². The van der Waals surface area contributed by atoms with E-state index in [2.05, 4.69) is 24.0 Å². The lowest BCUT2D eigenvalue weighted by Crippen LogP contribution is -2.39. The lowest BCUT2D eigenvalue weighted by molar-refractivity contribution is 0.0376. The number of hydrogen-bond donors (Lipinski definition) is 0. The van der Waals surface area contributed by atoms with Gasteiger partial charge in [-0.25, -0.2) is 4.98 Å². The Hall–Kier alpha value is -1.22. The minimum atomic E-state index is -0.153. The molecule has 0 atom stereocenters. The van der Waals surface area contributed by atoms with Crippen LogP contribution in [0, 0.1) is 13.8 Å². The number of benzene rings is 1. The Labute approximate surface area is 194 Å². The number of rotatable bonds is 6. The fourth-order valence-electron chi connectivity index (χ4n) is 3.56. The van der Waals surface area contributed by atoms with Crippen molar-refractivity contribution in [2.45, 2.75) is 20.3 Å². The van der Waals surface area contributed by atoms with Crippen molar-refractivity contribution in [2.75, 3.05) is 44.3 Å². The SMILES string of the molecule is Cc1ccc(C)c2sc(N(CCCN3CCOCC3)C(=O)c3cc(Cl)sc3Cl)nc12. The van der Waals surface area contributed by atoms with Crippen LogP contribution in [0.15, 0.2) is 18.2 Å². The molecule has 9 heteroatoms. The van der Waals surface area contributed by atoms with E-state index in [1.54, 1.807) is 22.3 Å². The number of nitrogens with zero attached hydrogens (tertiary/aromatic N) is 3. The Morgan fingerprint density at radius 2 is 1.93 bits per heavy atom. The van der Waals surface area contributed by atoms with Crippen molar-refractivity contribution in [2.24, 2.45) is 0 Å². The molecule has 1 aliphatic rings. The van der Waals surface area contributed by atoms with E-state index in [1.165, 1.54) is 11.3 Å². The zero-order valence-corrected chi connectivity index (χ0v) is 20.1. The molecular formula is C21H23Cl2N3O2S2. The van der Waals surface area contributed by atoms with Crippen LogP contribution in [-0.4, -0.2) is 55.2 Å². The minimum absolute atomic E-state index is 0.153. The van der Waals surface area contributed by atoms with Crippen LogP contribution >= 0.6 is 45.9 Å². The maximum absolute atomic E-state index is 13.4. The first-order valence-corrected chi connectivity index (χ1v) is 12.3. The molecular weight excluding hydrogens is 461 g/mol. The second-order valence-electron chi connectivity index (χ2n) is 7.38. The van der Waals surface area contributed by atoms with Crippen LogP contribution in [0.5, 0.6) is 0 Å². The summed E-state index contributed by atoms with van der Waals surface area (Å²) in [6.07, 6.45) is 0.842. The molecule has 160 valence electrons. The molecule has 2 aromatic heterocycles. The minimum Gasteiger partial charge on any atom is -0.379 e. The molecule has 1 saturated heterocycles. The Bertz CT molecular complexity index is 1020. The summed E-state index contributed by atoms with van der Waals surface area (Å²) in [5.74, 6) is -0.153. The van der Waals surface area contributed by atoms with Gasteiger partial charge in [-0.3, -0.25) is 14.6 Å². The van der Waals surface area contributed by atoms with E-state index in [9.17, 15) is 4.79 Å². The van der Waals surface area contributed by atoms with E-state index in [4.69, 9.17) is 32.9 Å². The van der Waals surface area contributed by atoms with Crippen molar-refractivity contribution in [1.82, 2.24) is 9.88 Å². The number of fused-ring (bicyclic) bond motifs is 1. The largest absolute Gasteiger partial charge is 0.379 e. The molecule has 1 amide bonds. The molecule has 1 aromatic carbocycles. The van der Waals surface area contributed by atoms with Crippen LogP contribution in [0.4, 0.5) is 5.13 Å².